The number of hydrogen-bond donors (Lipinski definition) is 1. The zero-order chi connectivity index (χ0) is 38.5. The lowest BCUT2D eigenvalue weighted by atomic mass is 9.91. The Bertz CT molecular complexity index is 1720. The largest absolute Gasteiger partial charge is 0.493 e. The number of rotatable bonds is 18. The second kappa shape index (κ2) is 19.5. The Labute approximate surface area is 312 Å². The third-order valence-corrected chi connectivity index (χ3v) is 9.50. The SMILES string of the molecule is CC[C@H](C(=O)N1CCCC[C@H]1C(=O)O[C@H](CCc1ccc(OC)c(OC)c1)c1cccc(NC(=O)CCC(C)=O)c1)c1cc(OC)c(OC)c(OC)c1. The average Bonchev–Trinajstić information content (AvgIpc) is 3.18. The number of nitrogens with one attached hydrogen (secondary N) is 1. The molecule has 0 spiro atoms. The first kappa shape index (κ1) is 40.5. The molecule has 0 saturated carbocycles. The van der Waals surface area contributed by atoms with E-state index >= 15 is 0 Å². The summed E-state index contributed by atoms with van der Waals surface area (Å²) >= 11 is 0. The molecule has 1 aliphatic heterocycles. The number of likely N-dealkylation sites (tertiary alicyclic amines) is 1. The zero-order valence-electron chi connectivity index (χ0n) is 31.8. The Balaban J connectivity index is 1.62. The molecule has 1 saturated heterocycles. The van der Waals surface area contributed by atoms with Crippen LogP contribution in [0.25, 0.3) is 0 Å². The summed E-state index contributed by atoms with van der Waals surface area (Å²) in [6, 6.07) is 15.6. The third kappa shape index (κ3) is 10.4. The molecule has 1 heterocycles. The summed E-state index contributed by atoms with van der Waals surface area (Å²) in [4.78, 5) is 54.2. The highest BCUT2D eigenvalue weighted by atomic mass is 16.5. The summed E-state index contributed by atoms with van der Waals surface area (Å²) in [5, 5.41) is 2.85. The van der Waals surface area contributed by atoms with Crippen molar-refractivity contribution < 1.29 is 47.6 Å². The minimum absolute atomic E-state index is 0.0671. The first-order valence-electron chi connectivity index (χ1n) is 18.0. The predicted octanol–water partition coefficient (Wildman–Crippen LogP) is 6.83. The van der Waals surface area contributed by atoms with Crippen LogP contribution in [0.5, 0.6) is 28.7 Å². The predicted molar refractivity (Wildman–Crippen MR) is 200 cm³/mol. The van der Waals surface area contributed by atoms with Crippen molar-refractivity contribution in [1.29, 1.82) is 0 Å². The van der Waals surface area contributed by atoms with Gasteiger partial charge in [-0.15, -0.1) is 0 Å². The molecule has 0 aliphatic carbocycles. The van der Waals surface area contributed by atoms with Gasteiger partial charge in [0.1, 0.15) is 17.9 Å². The normalized spacial score (nSPS) is 15.1. The Hall–Kier alpha value is -5.26. The van der Waals surface area contributed by atoms with Gasteiger partial charge in [0, 0.05) is 25.1 Å². The van der Waals surface area contributed by atoms with Gasteiger partial charge in [0.25, 0.3) is 0 Å². The fourth-order valence-electron chi connectivity index (χ4n) is 6.67. The van der Waals surface area contributed by atoms with Crippen molar-refractivity contribution in [2.75, 3.05) is 47.4 Å². The van der Waals surface area contributed by atoms with Gasteiger partial charge < -0.3 is 43.4 Å². The van der Waals surface area contributed by atoms with E-state index in [0.29, 0.717) is 77.8 Å². The molecular formula is C41H52N2O10. The molecule has 1 aliphatic rings. The summed E-state index contributed by atoms with van der Waals surface area (Å²) in [7, 11) is 7.73. The van der Waals surface area contributed by atoms with Crippen molar-refractivity contribution in [3.8, 4) is 28.7 Å². The van der Waals surface area contributed by atoms with Gasteiger partial charge in [-0.1, -0.05) is 25.1 Å². The highest BCUT2D eigenvalue weighted by molar-refractivity contribution is 5.93. The Kier molecular flexibility index (Phi) is 14.9. The molecule has 3 aromatic carbocycles. The van der Waals surface area contributed by atoms with Gasteiger partial charge in [-0.05, 0) is 98.5 Å². The molecule has 12 heteroatoms. The average molecular weight is 733 g/mol. The molecule has 0 aromatic heterocycles. The number of aryl methyl sites for hydroxylation is 1. The standard InChI is InChI=1S/C41H52N2O10/c1-8-31(29-24-36(50-5)39(52-7)37(25-29)51-6)40(46)43-21-10-9-14-32(43)41(47)53-33(18-16-27-17-19-34(48-3)35(22-27)49-4)28-12-11-13-30(23-28)42-38(45)20-15-26(2)44/h11-13,17,19,22-25,31-33H,8-10,14-16,18,20-21H2,1-7H3,(H,42,45)/t31-,32-,33+/m0/s1. The van der Waals surface area contributed by atoms with Gasteiger partial charge in [-0.3, -0.25) is 9.59 Å². The monoisotopic (exact) mass is 732 g/mol. The van der Waals surface area contributed by atoms with Crippen LogP contribution in [0.2, 0.25) is 0 Å². The van der Waals surface area contributed by atoms with Crippen molar-refractivity contribution in [2.24, 2.45) is 0 Å². The van der Waals surface area contributed by atoms with E-state index in [-0.39, 0.29) is 30.4 Å². The number of carbonyl (C=O) groups is 4. The molecule has 0 unspecified atom stereocenters. The van der Waals surface area contributed by atoms with E-state index in [1.807, 2.05) is 31.2 Å². The second-order valence-electron chi connectivity index (χ2n) is 13.0. The number of anilines is 1. The summed E-state index contributed by atoms with van der Waals surface area (Å²) in [5.41, 5.74) is 2.84. The van der Waals surface area contributed by atoms with Crippen LogP contribution in [0, 0.1) is 0 Å². The van der Waals surface area contributed by atoms with Crippen LogP contribution in [0.1, 0.15) is 87.5 Å². The third-order valence-electron chi connectivity index (χ3n) is 9.50. The fraction of sp³-hybridized carbons (Fsp3) is 0.463. The number of hydrogen-bond acceptors (Lipinski definition) is 10. The molecule has 53 heavy (non-hydrogen) atoms. The van der Waals surface area contributed by atoms with Crippen molar-refractivity contribution in [1.82, 2.24) is 4.90 Å². The number of ether oxygens (including phenoxy) is 6. The van der Waals surface area contributed by atoms with Crippen molar-refractivity contribution in [3.05, 3.63) is 71.3 Å². The first-order chi connectivity index (χ1) is 25.6. The minimum Gasteiger partial charge on any atom is -0.493 e. The van der Waals surface area contributed by atoms with Gasteiger partial charge in [0.2, 0.25) is 17.6 Å². The number of piperidine rings is 1. The van der Waals surface area contributed by atoms with E-state index in [1.165, 1.54) is 28.3 Å². The summed E-state index contributed by atoms with van der Waals surface area (Å²) in [5.74, 6) is 0.904. The number of benzene rings is 3. The zero-order valence-corrected chi connectivity index (χ0v) is 31.8. The quantitative estimate of drug-likeness (QED) is 0.139. The topological polar surface area (TPSA) is 139 Å². The molecule has 0 bridgehead atoms. The number of amides is 2. The van der Waals surface area contributed by atoms with Gasteiger partial charge in [0.05, 0.1) is 41.5 Å². The maximum atomic E-state index is 14.3. The maximum Gasteiger partial charge on any atom is 0.329 e. The lowest BCUT2D eigenvalue weighted by molar-refractivity contribution is -0.162. The smallest absolute Gasteiger partial charge is 0.329 e. The number of methoxy groups -OCH3 is 5. The van der Waals surface area contributed by atoms with E-state index in [0.717, 1.165) is 18.4 Å². The highest BCUT2D eigenvalue weighted by Crippen LogP contribution is 2.41. The number of Topliss-reactive ketones (excluding diaryl/α,β-unsaturated/α-hetero) is 1. The van der Waals surface area contributed by atoms with Crippen LogP contribution >= 0.6 is 0 Å². The fourth-order valence-corrected chi connectivity index (χ4v) is 6.67. The molecule has 0 radical (unpaired) electrons. The molecule has 3 atom stereocenters. The molecule has 286 valence electrons. The highest BCUT2D eigenvalue weighted by Gasteiger charge is 2.38. The van der Waals surface area contributed by atoms with Gasteiger partial charge in [0.15, 0.2) is 23.0 Å². The van der Waals surface area contributed by atoms with E-state index in [4.69, 9.17) is 28.4 Å². The number of esters is 1. The summed E-state index contributed by atoms with van der Waals surface area (Å²) in [6.45, 7) is 3.79. The van der Waals surface area contributed by atoms with Crippen LogP contribution in [0.3, 0.4) is 0 Å². The Morgan fingerprint density at radius 1 is 0.792 bits per heavy atom. The maximum absolute atomic E-state index is 14.3. The van der Waals surface area contributed by atoms with E-state index in [9.17, 15) is 19.2 Å². The number of ketones is 1. The van der Waals surface area contributed by atoms with Crippen molar-refractivity contribution in [3.63, 3.8) is 0 Å². The van der Waals surface area contributed by atoms with Gasteiger partial charge in [-0.2, -0.15) is 0 Å². The van der Waals surface area contributed by atoms with E-state index in [2.05, 4.69) is 5.32 Å². The lowest BCUT2D eigenvalue weighted by Crippen LogP contribution is -2.50. The van der Waals surface area contributed by atoms with Crippen molar-refractivity contribution in [2.45, 2.75) is 83.3 Å². The summed E-state index contributed by atoms with van der Waals surface area (Å²) in [6.07, 6.45) is 2.91. The van der Waals surface area contributed by atoms with E-state index in [1.54, 1.807) is 49.5 Å². The Morgan fingerprint density at radius 2 is 1.49 bits per heavy atom. The van der Waals surface area contributed by atoms with Crippen molar-refractivity contribution >= 4 is 29.3 Å². The van der Waals surface area contributed by atoms with E-state index < -0.39 is 24.0 Å². The van der Waals surface area contributed by atoms with Crippen LogP contribution in [-0.2, 0) is 30.3 Å². The first-order valence-corrected chi connectivity index (χ1v) is 18.0. The van der Waals surface area contributed by atoms with Crippen LogP contribution in [-0.4, -0.2) is 76.6 Å². The molecule has 12 nitrogen and oxygen atoms in total. The minimum atomic E-state index is -0.787. The molecule has 1 fully saturated rings. The lowest BCUT2D eigenvalue weighted by Gasteiger charge is -2.37. The van der Waals surface area contributed by atoms with Crippen LogP contribution in [0.15, 0.2) is 54.6 Å². The molecule has 3 aromatic rings. The molecule has 2 amide bonds. The molecule has 4 rings (SSSR count). The number of nitrogens with zero attached hydrogens (tertiary/aromatic N) is 1. The van der Waals surface area contributed by atoms with Gasteiger partial charge in [-0.25, -0.2) is 4.79 Å². The molecule has 1 N–H and O–H groups in total. The molecular weight excluding hydrogens is 680 g/mol. The van der Waals surface area contributed by atoms with Gasteiger partial charge >= 0.3 is 5.97 Å². The van der Waals surface area contributed by atoms with Crippen LogP contribution < -0.4 is 29.0 Å². The number of carbonyl (C=O) groups excluding carboxylic acids is 4. The second-order valence-corrected chi connectivity index (χ2v) is 13.0. The summed E-state index contributed by atoms with van der Waals surface area (Å²) < 4.78 is 33.9. The van der Waals surface area contributed by atoms with Crippen LogP contribution in [0.4, 0.5) is 5.69 Å². The Morgan fingerprint density at radius 3 is 2.11 bits per heavy atom.